The summed E-state index contributed by atoms with van der Waals surface area (Å²) in [6, 6.07) is 15.0. The number of benzene rings is 2. The lowest BCUT2D eigenvalue weighted by Gasteiger charge is -2.08. The largest absolute Gasteiger partial charge is 0.347 e. The van der Waals surface area contributed by atoms with Gasteiger partial charge in [0.05, 0.1) is 5.52 Å². The number of nitrogens with zero attached hydrogens (tertiary/aromatic N) is 1. The average molecular weight is 334 g/mol. The summed E-state index contributed by atoms with van der Waals surface area (Å²) >= 11 is 0. The van der Waals surface area contributed by atoms with E-state index in [0.29, 0.717) is 12.2 Å². The lowest BCUT2D eigenvalue weighted by molar-refractivity contribution is -0.117. The van der Waals surface area contributed by atoms with Gasteiger partial charge in [0.25, 0.3) is 5.91 Å². The molecule has 0 atom stereocenters. The molecule has 0 saturated heterocycles. The van der Waals surface area contributed by atoms with E-state index < -0.39 is 0 Å². The standard InChI is InChI=1S/C19H18N4O2/c24-18(13-8-9-13)21-14-5-3-4-12(10-14)11-20-19(25)17-15-6-1-2-7-16(15)22-23-17/h1-7,10,13H,8-9,11H2,(H,20,25)(H,21,24)(H,22,23). The van der Waals surface area contributed by atoms with Crippen LogP contribution in [-0.4, -0.2) is 22.0 Å². The van der Waals surface area contributed by atoms with E-state index in [9.17, 15) is 9.59 Å². The summed E-state index contributed by atoms with van der Waals surface area (Å²) in [5, 5.41) is 13.5. The molecule has 3 N–H and O–H groups in total. The fourth-order valence-electron chi connectivity index (χ4n) is 2.75. The number of aromatic amines is 1. The number of aromatic nitrogens is 2. The molecule has 2 amide bonds. The third-order valence-electron chi connectivity index (χ3n) is 4.28. The second-order valence-corrected chi connectivity index (χ2v) is 6.26. The van der Waals surface area contributed by atoms with E-state index in [1.54, 1.807) is 0 Å². The SMILES string of the molecule is O=C(NCc1cccc(NC(=O)C2CC2)c1)c1n[nH]c2ccccc12. The summed E-state index contributed by atoms with van der Waals surface area (Å²) in [5.74, 6) is 0.00496. The van der Waals surface area contributed by atoms with Gasteiger partial charge >= 0.3 is 0 Å². The van der Waals surface area contributed by atoms with Crippen molar-refractivity contribution in [1.82, 2.24) is 15.5 Å². The molecule has 0 aliphatic heterocycles. The van der Waals surface area contributed by atoms with Gasteiger partial charge in [0.2, 0.25) is 5.91 Å². The van der Waals surface area contributed by atoms with Crippen LogP contribution in [0.2, 0.25) is 0 Å². The molecular formula is C19H18N4O2. The predicted octanol–water partition coefficient (Wildman–Crippen LogP) is 2.84. The Bertz CT molecular complexity index is 943. The van der Waals surface area contributed by atoms with Crippen molar-refractivity contribution in [1.29, 1.82) is 0 Å². The van der Waals surface area contributed by atoms with Gasteiger partial charge in [-0.15, -0.1) is 0 Å². The summed E-state index contributed by atoms with van der Waals surface area (Å²) in [5.41, 5.74) is 2.89. The molecule has 1 aliphatic rings. The van der Waals surface area contributed by atoms with Crippen molar-refractivity contribution in [3.8, 4) is 0 Å². The second kappa shape index (κ2) is 6.39. The Hall–Kier alpha value is -3.15. The molecule has 3 aromatic rings. The van der Waals surface area contributed by atoms with Crippen LogP contribution in [0.1, 0.15) is 28.9 Å². The zero-order chi connectivity index (χ0) is 17.2. The van der Waals surface area contributed by atoms with Crippen LogP contribution in [-0.2, 0) is 11.3 Å². The normalized spacial score (nSPS) is 13.6. The monoisotopic (exact) mass is 334 g/mol. The molecule has 0 radical (unpaired) electrons. The number of nitrogens with one attached hydrogen (secondary N) is 3. The van der Waals surface area contributed by atoms with Crippen molar-refractivity contribution in [2.75, 3.05) is 5.32 Å². The van der Waals surface area contributed by atoms with Crippen LogP contribution in [0, 0.1) is 5.92 Å². The zero-order valence-corrected chi connectivity index (χ0v) is 13.6. The Balaban J connectivity index is 1.42. The number of hydrogen-bond acceptors (Lipinski definition) is 3. The van der Waals surface area contributed by atoms with Crippen molar-refractivity contribution >= 4 is 28.4 Å². The number of rotatable bonds is 5. The molecule has 0 unspecified atom stereocenters. The molecule has 0 spiro atoms. The third-order valence-corrected chi connectivity index (χ3v) is 4.28. The Morgan fingerprint density at radius 1 is 1.12 bits per heavy atom. The molecule has 126 valence electrons. The molecule has 1 aliphatic carbocycles. The van der Waals surface area contributed by atoms with Crippen LogP contribution < -0.4 is 10.6 Å². The molecular weight excluding hydrogens is 316 g/mol. The number of amides is 2. The third kappa shape index (κ3) is 3.38. The highest BCUT2D eigenvalue weighted by atomic mass is 16.2. The number of anilines is 1. The molecule has 4 rings (SSSR count). The minimum atomic E-state index is -0.232. The molecule has 1 heterocycles. The first kappa shape index (κ1) is 15.4. The number of fused-ring (bicyclic) bond motifs is 1. The number of para-hydroxylation sites is 1. The minimum Gasteiger partial charge on any atom is -0.347 e. The van der Waals surface area contributed by atoms with Crippen molar-refractivity contribution in [3.05, 3.63) is 59.8 Å². The highest BCUT2D eigenvalue weighted by molar-refractivity contribution is 6.04. The first-order valence-electron chi connectivity index (χ1n) is 8.32. The van der Waals surface area contributed by atoms with Gasteiger partial charge in [0.15, 0.2) is 5.69 Å². The summed E-state index contributed by atoms with van der Waals surface area (Å²) in [6.45, 7) is 0.368. The van der Waals surface area contributed by atoms with E-state index >= 15 is 0 Å². The van der Waals surface area contributed by atoms with Gasteiger partial charge in [-0.05, 0) is 36.6 Å². The Labute approximate surface area is 144 Å². The van der Waals surface area contributed by atoms with Crippen molar-refractivity contribution in [2.24, 2.45) is 5.92 Å². The number of hydrogen-bond donors (Lipinski definition) is 3. The number of carbonyl (C=O) groups excluding carboxylic acids is 2. The van der Waals surface area contributed by atoms with E-state index in [4.69, 9.17) is 0 Å². The highest BCUT2D eigenvalue weighted by Gasteiger charge is 2.29. The van der Waals surface area contributed by atoms with Gasteiger partial charge in [-0.1, -0.05) is 30.3 Å². The minimum absolute atomic E-state index is 0.0733. The summed E-state index contributed by atoms with van der Waals surface area (Å²) < 4.78 is 0. The van der Waals surface area contributed by atoms with Gasteiger partial charge in [-0.3, -0.25) is 14.7 Å². The van der Waals surface area contributed by atoms with Gasteiger partial charge < -0.3 is 10.6 Å². The van der Waals surface area contributed by atoms with E-state index in [2.05, 4.69) is 20.8 Å². The Kier molecular flexibility index (Phi) is 3.93. The lowest BCUT2D eigenvalue weighted by Crippen LogP contribution is -2.23. The Morgan fingerprint density at radius 2 is 1.96 bits per heavy atom. The lowest BCUT2D eigenvalue weighted by atomic mass is 10.1. The molecule has 0 bridgehead atoms. The van der Waals surface area contributed by atoms with E-state index in [-0.39, 0.29) is 17.7 Å². The summed E-state index contributed by atoms with van der Waals surface area (Å²) in [6.07, 6.45) is 1.94. The molecule has 1 aromatic heterocycles. The number of H-pyrrole nitrogens is 1. The van der Waals surface area contributed by atoms with Gasteiger partial charge in [-0.25, -0.2) is 0 Å². The predicted molar refractivity (Wildman–Crippen MR) is 95.1 cm³/mol. The maximum Gasteiger partial charge on any atom is 0.272 e. The first-order valence-corrected chi connectivity index (χ1v) is 8.32. The van der Waals surface area contributed by atoms with E-state index in [0.717, 1.165) is 35.0 Å². The molecule has 25 heavy (non-hydrogen) atoms. The maximum atomic E-state index is 12.4. The molecule has 6 nitrogen and oxygen atoms in total. The fraction of sp³-hybridized carbons (Fsp3) is 0.211. The van der Waals surface area contributed by atoms with E-state index in [1.165, 1.54) is 0 Å². The van der Waals surface area contributed by atoms with E-state index in [1.807, 2.05) is 48.5 Å². The van der Waals surface area contributed by atoms with Gasteiger partial charge in [0, 0.05) is 23.5 Å². The van der Waals surface area contributed by atoms with Gasteiger partial charge in [0.1, 0.15) is 0 Å². The van der Waals surface area contributed by atoms with Crippen molar-refractivity contribution in [2.45, 2.75) is 19.4 Å². The van der Waals surface area contributed by atoms with Crippen LogP contribution in [0.25, 0.3) is 10.9 Å². The zero-order valence-electron chi connectivity index (χ0n) is 13.6. The topological polar surface area (TPSA) is 86.9 Å². The highest BCUT2D eigenvalue weighted by Crippen LogP contribution is 2.30. The smallest absolute Gasteiger partial charge is 0.272 e. The van der Waals surface area contributed by atoms with Crippen LogP contribution in [0.15, 0.2) is 48.5 Å². The first-order chi connectivity index (χ1) is 12.2. The van der Waals surface area contributed by atoms with Crippen LogP contribution in [0.5, 0.6) is 0 Å². The summed E-state index contributed by atoms with van der Waals surface area (Å²) in [4.78, 5) is 24.2. The second-order valence-electron chi connectivity index (χ2n) is 6.26. The van der Waals surface area contributed by atoms with Gasteiger partial charge in [-0.2, -0.15) is 5.10 Å². The fourth-order valence-corrected chi connectivity index (χ4v) is 2.75. The molecule has 1 saturated carbocycles. The Morgan fingerprint density at radius 3 is 2.80 bits per heavy atom. The average Bonchev–Trinajstić information content (AvgIpc) is 3.39. The van der Waals surface area contributed by atoms with Crippen LogP contribution in [0.4, 0.5) is 5.69 Å². The van der Waals surface area contributed by atoms with Crippen molar-refractivity contribution in [3.63, 3.8) is 0 Å². The molecule has 6 heteroatoms. The maximum absolute atomic E-state index is 12.4. The van der Waals surface area contributed by atoms with Crippen LogP contribution >= 0.6 is 0 Å². The molecule has 2 aromatic carbocycles. The quantitative estimate of drug-likeness (QED) is 0.670. The summed E-state index contributed by atoms with van der Waals surface area (Å²) in [7, 11) is 0. The van der Waals surface area contributed by atoms with Crippen LogP contribution in [0.3, 0.4) is 0 Å². The number of carbonyl (C=O) groups is 2. The molecule has 1 fully saturated rings. The van der Waals surface area contributed by atoms with Crippen molar-refractivity contribution < 1.29 is 9.59 Å².